The molecule has 7 heteroatoms. The summed E-state index contributed by atoms with van der Waals surface area (Å²) in [6.07, 6.45) is 0. The van der Waals surface area contributed by atoms with Crippen LogP contribution in [0.25, 0.3) is 0 Å². The van der Waals surface area contributed by atoms with Crippen LogP contribution in [-0.4, -0.2) is 67.9 Å². The Morgan fingerprint density at radius 3 is 2.33 bits per heavy atom. The molecule has 3 rings (SSSR count). The first-order valence-electron chi connectivity index (χ1n) is 10.2. The fourth-order valence-electron chi connectivity index (χ4n) is 3.64. The Balaban J connectivity index is 1.45. The molecule has 1 aliphatic heterocycles. The molecule has 2 aromatic carbocycles. The van der Waals surface area contributed by atoms with E-state index in [0.717, 1.165) is 13.1 Å². The quantitative estimate of drug-likeness (QED) is 0.767. The van der Waals surface area contributed by atoms with Crippen LogP contribution in [0.4, 0.5) is 11.4 Å². The molecule has 0 spiro atoms. The Bertz CT molecular complexity index is 893. The summed E-state index contributed by atoms with van der Waals surface area (Å²) in [6.45, 7) is 7.65. The van der Waals surface area contributed by atoms with Gasteiger partial charge in [0.1, 0.15) is 0 Å². The van der Waals surface area contributed by atoms with Crippen molar-refractivity contribution in [1.82, 2.24) is 9.80 Å². The van der Waals surface area contributed by atoms with Crippen molar-refractivity contribution < 1.29 is 9.59 Å². The van der Waals surface area contributed by atoms with Crippen molar-refractivity contribution in [3.8, 4) is 0 Å². The van der Waals surface area contributed by atoms with E-state index in [-0.39, 0.29) is 24.9 Å². The third-order valence-corrected chi connectivity index (χ3v) is 5.75. The molecular weight excluding hydrogens is 400 g/mol. The molecule has 0 radical (unpaired) electrons. The number of piperazine rings is 1. The van der Waals surface area contributed by atoms with Gasteiger partial charge in [0, 0.05) is 42.6 Å². The van der Waals surface area contributed by atoms with E-state index in [1.54, 1.807) is 36.2 Å². The number of nitrogens with zero attached hydrogens (tertiary/aromatic N) is 3. The lowest BCUT2D eigenvalue weighted by atomic mass is 10.1. The Hall–Kier alpha value is -2.57. The smallest absolute Gasteiger partial charge is 0.238 e. The van der Waals surface area contributed by atoms with Gasteiger partial charge in [-0.1, -0.05) is 23.7 Å². The van der Waals surface area contributed by atoms with E-state index in [2.05, 4.69) is 42.3 Å². The number of hydrogen-bond donors (Lipinski definition) is 1. The zero-order valence-electron chi connectivity index (χ0n) is 17.8. The van der Waals surface area contributed by atoms with Gasteiger partial charge in [-0.15, -0.1) is 0 Å². The van der Waals surface area contributed by atoms with E-state index in [1.165, 1.54) is 16.8 Å². The van der Waals surface area contributed by atoms with Crippen molar-refractivity contribution in [3.05, 3.63) is 58.6 Å². The average Bonchev–Trinajstić information content (AvgIpc) is 2.71. The van der Waals surface area contributed by atoms with Crippen LogP contribution in [0.2, 0.25) is 5.02 Å². The maximum absolute atomic E-state index is 12.7. The van der Waals surface area contributed by atoms with E-state index < -0.39 is 0 Å². The molecule has 0 unspecified atom stereocenters. The highest BCUT2D eigenvalue weighted by atomic mass is 35.5. The summed E-state index contributed by atoms with van der Waals surface area (Å²) in [4.78, 5) is 30.8. The number of hydrogen-bond acceptors (Lipinski definition) is 4. The van der Waals surface area contributed by atoms with Gasteiger partial charge in [-0.2, -0.15) is 0 Å². The number of carbonyl (C=O) groups is 2. The standard InChI is InChI=1S/C23H29ClN4O2/c1-17-5-4-6-21(18(17)2)27-11-13-28(14-12-27)23(30)16-26(3)15-22(29)25-20-9-7-19(24)8-10-20/h4-10H,11-16H2,1-3H3,(H,25,29). The number of likely N-dealkylation sites (N-methyl/N-ethyl adjacent to an activating group) is 1. The first kappa shape index (κ1) is 22.1. The number of carbonyl (C=O) groups excluding carboxylic acids is 2. The van der Waals surface area contributed by atoms with Gasteiger partial charge in [-0.3, -0.25) is 14.5 Å². The second-order valence-electron chi connectivity index (χ2n) is 7.81. The van der Waals surface area contributed by atoms with Crippen LogP contribution in [0.3, 0.4) is 0 Å². The normalized spacial score (nSPS) is 14.2. The lowest BCUT2D eigenvalue weighted by molar-refractivity contribution is -0.132. The van der Waals surface area contributed by atoms with Gasteiger partial charge in [0.15, 0.2) is 0 Å². The van der Waals surface area contributed by atoms with Gasteiger partial charge in [-0.05, 0) is 62.4 Å². The maximum Gasteiger partial charge on any atom is 0.238 e. The van der Waals surface area contributed by atoms with Crippen molar-refractivity contribution in [2.75, 3.05) is 56.5 Å². The van der Waals surface area contributed by atoms with Gasteiger partial charge < -0.3 is 15.1 Å². The van der Waals surface area contributed by atoms with Crippen LogP contribution >= 0.6 is 11.6 Å². The molecule has 1 N–H and O–H groups in total. The molecule has 2 aromatic rings. The van der Waals surface area contributed by atoms with Gasteiger partial charge >= 0.3 is 0 Å². The van der Waals surface area contributed by atoms with Gasteiger partial charge in [0.25, 0.3) is 0 Å². The van der Waals surface area contributed by atoms with Crippen LogP contribution in [0, 0.1) is 13.8 Å². The first-order chi connectivity index (χ1) is 14.3. The molecule has 0 saturated carbocycles. The SMILES string of the molecule is Cc1cccc(N2CCN(C(=O)CN(C)CC(=O)Nc3ccc(Cl)cc3)CC2)c1C. The molecule has 2 amide bonds. The van der Waals surface area contributed by atoms with Crippen molar-refractivity contribution in [1.29, 1.82) is 0 Å². The number of rotatable bonds is 6. The Labute approximate surface area is 183 Å². The molecule has 1 aliphatic rings. The highest BCUT2D eigenvalue weighted by Crippen LogP contribution is 2.23. The zero-order valence-corrected chi connectivity index (χ0v) is 18.6. The van der Waals surface area contributed by atoms with Crippen molar-refractivity contribution in [2.45, 2.75) is 13.8 Å². The second kappa shape index (κ2) is 9.96. The molecule has 0 bridgehead atoms. The molecule has 30 heavy (non-hydrogen) atoms. The number of aryl methyl sites for hydroxylation is 1. The molecule has 1 fully saturated rings. The van der Waals surface area contributed by atoms with Gasteiger partial charge in [0.05, 0.1) is 13.1 Å². The predicted octanol–water partition coefficient (Wildman–Crippen LogP) is 3.18. The Morgan fingerprint density at radius 1 is 1.00 bits per heavy atom. The lowest BCUT2D eigenvalue weighted by Gasteiger charge is -2.37. The highest BCUT2D eigenvalue weighted by Gasteiger charge is 2.23. The van der Waals surface area contributed by atoms with Gasteiger partial charge in [-0.25, -0.2) is 0 Å². The van der Waals surface area contributed by atoms with Crippen LogP contribution in [-0.2, 0) is 9.59 Å². The summed E-state index contributed by atoms with van der Waals surface area (Å²) in [5.74, 6) is -0.107. The fourth-order valence-corrected chi connectivity index (χ4v) is 3.77. The third-order valence-electron chi connectivity index (χ3n) is 5.50. The third kappa shape index (κ3) is 5.74. The van der Waals surface area contributed by atoms with Crippen LogP contribution in [0.15, 0.2) is 42.5 Å². The minimum absolute atomic E-state index is 0.0532. The number of benzene rings is 2. The van der Waals surface area contributed by atoms with E-state index in [9.17, 15) is 9.59 Å². The van der Waals surface area contributed by atoms with Crippen molar-refractivity contribution in [2.24, 2.45) is 0 Å². The van der Waals surface area contributed by atoms with Gasteiger partial charge in [0.2, 0.25) is 11.8 Å². The number of amides is 2. The minimum Gasteiger partial charge on any atom is -0.368 e. The Kier molecular flexibility index (Phi) is 7.34. The topological polar surface area (TPSA) is 55.9 Å². The molecular formula is C23H29ClN4O2. The van der Waals surface area contributed by atoms with E-state index >= 15 is 0 Å². The molecule has 160 valence electrons. The van der Waals surface area contributed by atoms with E-state index in [1.807, 2.05) is 4.90 Å². The maximum atomic E-state index is 12.7. The molecule has 1 saturated heterocycles. The largest absolute Gasteiger partial charge is 0.368 e. The predicted molar refractivity (Wildman–Crippen MR) is 122 cm³/mol. The second-order valence-corrected chi connectivity index (χ2v) is 8.25. The van der Waals surface area contributed by atoms with Crippen LogP contribution < -0.4 is 10.2 Å². The fraction of sp³-hybridized carbons (Fsp3) is 0.391. The Morgan fingerprint density at radius 2 is 1.67 bits per heavy atom. The molecule has 0 aromatic heterocycles. The average molecular weight is 429 g/mol. The zero-order chi connectivity index (χ0) is 21.7. The van der Waals surface area contributed by atoms with Crippen LogP contribution in [0.1, 0.15) is 11.1 Å². The highest BCUT2D eigenvalue weighted by molar-refractivity contribution is 6.30. The van der Waals surface area contributed by atoms with Crippen LogP contribution in [0.5, 0.6) is 0 Å². The number of nitrogens with one attached hydrogen (secondary N) is 1. The lowest BCUT2D eigenvalue weighted by Crippen LogP contribution is -2.51. The summed E-state index contributed by atoms with van der Waals surface area (Å²) in [7, 11) is 1.78. The minimum atomic E-state index is -0.160. The molecule has 0 aliphatic carbocycles. The summed E-state index contributed by atoms with van der Waals surface area (Å²) >= 11 is 5.86. The summed E-state index contributed by atoms with van der Waals surface area (Å²) in [5, 5.41) is 3.43. The van der Waals surface area contributed by atoms with Crippen molar-refractivity contribution in [3.63, 3.8) is 0 Å². The summed E-state index contributed by atoms with van der Waals surface area (Å²) in [6, 6.07) is 13.3. The molecule has 6 nitrogen and oxygen atoms in total. The summed E-state index contributed by atoms with van der Waals surface area (Å²) in [5.41, 5.74) is 4.51. The number of anilines is 2. The molecule has 1 heterocycles. The van der Waals surface area contributed by atoms with E-state index in [0.29, 0.717) is 23.8 Å². The van der Waals surface area contributed by atoms with E-state index in [4.69, 9.17) is 11.6 Å². The first-order valence-corrected chi connectivity index (χ1v) is 10.5. The number of halogens is 1. The monoisotopic (exact) mass is 428 g/mol. The van der Waals surface area contributed by atoms with Crippen molar-refractivity contribution >= 4 is 34.8 Å². The molecule has 0 atom stereocenters. The summed E-state index contributed by atoms with van der Waals surface area (Å²) < 4.78 is 0.